The molecule has 0 bridgehead atoms. The van der Waals surface area contributed by atoms with Crippen molar-refractivity contribution in [3.05, 3.63) is 110 Å². The van der Waals surface area contributed by atoms with Gasteiger partial charge in [0.15, 0.2) is 5.78 Å². The van der Waals surface area contributed by atoms with Gasteiger partial charge in [-0.3, -0.25) is 23.7 Å². The number of Topliss-reactive ketones (excluding diaryl/α,β-unsaturated/α-hetero) is 1. The number of carbonyl (C=O) groups is 1. The topological polar surface area (TPSA) is 94.2 Å². The summed E-state index contributed by atoms with van der Waals surface area (Å²) in [6.07, 6.45) is -3.15. The van der Waals surface area contributed by atoms with Gasteiger partial charge < -0.3 is 5.11 Å². The molecule has 10 heteroatoms. The lowest BCUT2D eigenvalue weighted by Gasteiger charge is -2.14. The molecule has 2 heterocycles. The molecule has 0 saturated heterocycles. The van der Waals surface area contributed by atoms with Crippen molar-refractivity contribution in [2.75, 3.05) is 6.61 Å². The van der Waals surface area contributed by atoms with E-state index in [2.05, 4.69) is 4.98 Å². The van der Waals surface area contributed by atoms with Crippen LogP contribution in [-0.4, -0.2) is 31.6 Å². The molecular formula is C25H20F3N3O4. The van der Waals surface area contributed by atoms with E-state index in [-0.39, 0.29) is 30.5 Å². The molecule has 0 amide bonds. The second-order valence-corrected chi connectivity index (χ2v) is 7.91. The highest BCUT2D eigenvalue weighted by molar-refractivity contribution is 5.96. The molecule has 2 aromatic carbocycles. The Labute approximate surface area is 196 Å². The molecule has 0 unspecified atom stereocenters. The van der Waals surface area contributed by atoms with E-state index in [4.69, 9.17) is 5.11 Å². The van der Waals surface area contributed by atoms with Crippen LogP contribution in [0.1, 0.15) is 27.2 Å². The Morgan fingerprint density at radius 2 is 1.74 bits per heavy atom. The van der Waals surface area contributed by atoms with Crippen LogP contribution < -0.4 is 11.2 Å². The number of ketones is 1. The fraction of sp³-hybridized carbons (Fsp3) is 0.200. The molecule has 0 fully saturated rings. The summed E-state index contributed by atoms with van der Waals surface area (Å²) in [5.74, 6) is -0.491. The van der Waals surface area contributed by atoms with Crippen LogP contribution in [0.25, 0.3) is 10.9 Å². The maximum Gasteiger partial charge on any atom is 0.416 e. The Morgan fingerprint density at radius 1 is 0.971 bits per heavy atom. The van der Waals surface area contributed by atoms with Crippen LogP contribution in [0.15, 0.2) is 76.4 Å². The predicted octanol–water partition coefficient (Wildman–Crippen LogP) is 3.04. The Hall–Kier alpha value is -4.05. The Kier molecular flexibility index (Phi) is 6.65. The number of halogens is 3. The van der Waals surface area contributed by atoms with Crippen LogP contribution in [0.3, 0.4) is 0 Å². The molecule has 0 aliphatic rings. The number of aliphatic hydroxyl groups excluding tert-OH is 1. The van der Waals surface area contributed by atoms with Crippen molar-refractivity contribution in [1.82, 2.24) is 14.1 Å². The Morgan fingerprint density at radius 3 is 2.43 bits per heavy atom. The number of nitrogens with zero attached hydrogens (tertiary/aromatic N) is 3. The van der Waals surface area contributed by atoms with Gasteiger partial charge in [-0.15, -0.1) is 0 Å². The minimum absolute atomic E-state index is 0.00319. The number of carbonyl (C=O) groups excluding carboxylic acids is 1. The highest BCUT2D eigenvalue weighted by Gasteiger charge is 2.30. The number of aryl methyl sites for hydroxylation is 1. The molecule has 180 valence electrons. The molecule has 1 N–H and O–H groups in total. The second-order valence-electron chi connectivity index (χ2n) is 7.91. The van der Waals surface area contributed by atoms with E-state index in [1.165, 1.54) is 29.0 Å². The largest absolute Gasteiger partial charge is 0.416 e. The zero-order valence-electron chi connectivity index (χ0n) is 18.3. The summed E-state index contributed by atoms with van der Waals surface area (Å²) in [4.78, 5) is 42.2. The number of aliphatic hydroxyl groups is 1. The standard InChI is InChI=1S/C25H20F3N3O4/c26-25(27,28)18-5-3-4-16(12-18)10-11-30-23(34)20-6-1-2-7-21(20)31(24(30)35)14-19-9-8-17(13-29-19)22(33)15-32/h1-9,12-13,32H,10-11,14-15H2. The number of rotatable bonds is 7. The molecular weight excluding hydrogens is 463 g/mol. The van der Waals surface area contributed by atoms with E-state index < -0.39 is 35.4 Å². The molecule has 0 radical (unpaired) electrons. The first-order valence-electron chi connectivity index (χ1n) is 10.7. The number of para-hydroxylation sites is 1. The highest BCUT2D eigenvalue weighted by atomic mass is 19.4. The smallest absolute Gasteiger partial charge is 0.388 e. The summed E-state index contributed by atoms with van der Waals surface area (Å²) in [7, 11) is 0. The first-order chi connectivity index (χ1) is 16.7. The van der Waals surface area contributed by atoms with Crippen LogP contribution in [0, 0.1) is 0 Å². The molecule has 35 heavy (non-hydrogen) atoms. The van der Waals surface area contributed by atoms with E-state index in [0.717, 1.165) is 16.7 Å². The van der Waals surface area contributed by atoms with E-state index in [1.54, 1.807) is 30.3 Å². The van der Waals surface area contributed by atoms with E-state index >= 15 is 0 Å². The number of fused-ring (bicyclic) bond motifs is 1. The molecule has 4 aromatic rings. The molecule has 0 spiro atoms. The third-order valence-electron chi connectivity index (χ3n) is 5.62. The zero-order valence-corrected chi connectivity index (χ0v) is 18.3. The SMILES string of the molecule is O=C(CO)c1ccc(Cn2c(=O)n(CCc3cccc(C(F)(F)F)c3)c(=O)c3ccccc32)nc1. The average Bonchev–Trinajstić information content (AvgIpc) is 2.86. The van der Waals surface area contributed by atoms with Gasteiger partial charge in [0, 0.05) is 18.3 Å². The van der Waals surface area contributed by atoms with Crippen molar-refractivity contribution in [2.24, 2.45) is 0 Å². The van der Waals surface area contributed by atoms with Gasteiger partial charge >= 0.3 is 11.9 Å². The third kappa shape index (κ3) is 5.07. The first-order valence-corrected chi connectivity index (χ1v) is 10.7. The molecule has 0 atom stereocenters. The van der Waals surface area contributed by atoms with Crippen molar-refractivity contribution in [3.63, 3.8) is 0 Å². The normalized spacial score (nSPS) is 11.7. The monoisotopic (exact) mass is 483 g/mol. The van der Waals surface area contributed by atoms with Gasteiger partial charge in [0.1, 0.15) is 6.61 Å². The van der Waals surface area contributed by atoms with Crippen molar-refractivity contribution >= 4 is 16.7 Å². The van der Waals surface area contributed by atoms with Gasteiger partial charge in [-0.05, 0) is 42.3 Å². The van der Waals surface area contributed by atoms with Gasteiger partial charge in [-0.2, -0.15) is 13.2 Å². The number of benzene rings is 2. The van der Waals surface area contributed by atoms with Crippen LogP contribution in [0.5, 0.6) is 0 Å². The summed E-state index contributed by atoms with van der Waals surface area (Å²) >= 11 is 0. The molecule has 0 aliphatic heterocycles. The molecule has 4 rings (SSSR count). The van der Waals surface area contributed by atoms with Crippen molar-refractivity contribution < 1.29 is 23.1 Å². The summed E-state index contributed by atoms with van der Waals surface area (Å²) in [6, 6.07) is 14.3. The molecule has 0 saturated carbocycles. The number of pyridine rings is 1. The number of hydrogen-bond acceptors (Lipinski definition) is 5. The van der Waals surface area contributed by atoms with Crippen LogP contribution in [0.2, 0.25) is 0 Å². The fourth-order valence-electron chi connectivity index (χ4n) is 3.80. The van der Waals surface area contributed by atoms with Crippen molar-refractivity contribution in [1.29, 1.82) is 0 Å². The fourth-order valence-corrected chi connectivity index (χ4v) is 3.80. The minimum atomic E-state index is -4.49. The summed E-state index contributed by atoms with van der Waals surface area (Å²) in [5.41, 5.74) is -0.572. The number of hydrogen-bond donors (Lipinski definition) is 1. The predicted molar refractivity (Wildman–Crippen MR) is 122 cm³/mol. The summed E-state index contributed by atoms with van der Waals surface area (Å²) in [6.45, 7) is -0.764. The van der Waals surface area contributed by atoms with Gasteiger partial charge in [0.05, 0.1) is 28.7 Å². The number of alkyl halides is 3. The molecule has 7 nitrogen and oxygen atoms in total. The maximum absolute atomic E-state index is 13.3. The lowest BCUT2D eigenvalue weighted by molar-refractivity contribution is -0.137. The third-order valence-corrected chi connectivity index (χ3v) is 5.62. The molecule has 2 aromatic heterocycles. The van der Waals surface area contributed by atoms with E-state index in [0.29, 0.717) is 16.8 Å². The van der Waals surface area contributed by atoms with E-state index in [1.807, 2.05) is 0 Å². The lowest BCUT2D eigenvalue weighted by atomic mass is 10.1. The van der Waals surface area contributed by atoms with E-state index in [9.17, 15) is 27.6 Å². The highest BCUT2D eigenvalue weighted by Crippen LogP contribution is 2.29. The number of aromatic nitrogens is 3. The van der Waals surface area contributed by atoms with Crippen molar-refractivity contribution in [2.45, 2.75) is 25.7 Å². The lowest BCUT2D eigenvalue weighted by Crippen LogP contribution is -2.40. The molecule has 0 aliphatic carbocycles. The Balaban J connectivity index is 1.71. The van der Waals surface area contributed by atoms with Gasteiger partial charge in [-0.1, -0.05) is 30.3 Å². The summed E-state index contributed by atoms with van der Waals surface area (Å²) in [5, 5.41) is 9.26. The maximum atomic E-state index is 13.3. The second kappa shape index (κ2) is 9.67. The van der Waals surface area contributed by atoms with Crippen LogP contribution >= 0.6 is 0 Å². The van der Waals surface area contributed by atoms with Crippen molar-refractivity contribution in [3.8, 4) is 0 Å². The quantitative estimate of drug-likeness (QED) is 0.408. The Bertz CT molecular complexity index is 1510. The van der Waals surface area contributed by atoms with Gasteiger partial charge in [-0.25, -0.2) is 4.79 Å². The van der Waals surface area contributed by atoms with Gasteiger partial charge in [0.25, 0.3) is 5.56 Å². The average molecular weight is 483 g/mol. The first kappa shape index (κ1) is 24.1. The van der Waals surface area contributed by atoms with Gasteiger partial charge in [0.2, 0.25) is 0 Å². The summed E-state index contributed by atoms with van der Waals surface area (Å²) < 4.78 is 41.5. The zero-order chi connectivity index (χ0) is 25.2. The van der Waals surface area contributed by atoms with Crippen LogP contribution in [-0.2, 0) is 25.7 Å². The minimum Gasteiger partial charge on any atom is -0.388 e. The van der Waals surface area contributed by atoms with Crippen LogP contribution in [0.4, 0.5) is 13.2 Å².